The molecule has 1 heterocycles. The SMILES string of the molecule is N=C(N=C(N)N1CCCCC1)Nc1ccc(F)c(C(F)(F)F)c1. The summed E-state index contributed by atoms with van der Waals surface area (Å²) >= 11 is 0. The Morgan fingerprint density at radius 1 is 1.22 bits per heavy atom. The van der Waals surface area contributed by atoms with Gasteiger partial charge in [-0.05, 0) is 37.5 Å². The van der Waals surface area contributed by atoms with Gasteiger partial charge in [-0.2, -0.15) is 18.2 Å². The molecule has 0 atom stereocenters. The van der Waals surface area contributed by atoms with Crippen molar-refractivity contribution in [1.82, 2.24) is 4.90 Å². The molecular formula is C14H17F4N5. The number of piperidine rings is 1. The Hall–Kier alpha value is -2.32. The van der Waals surface area contributed by atoms with Crippen LogP contribution < -0.4 is 11.1 Å². The summed E-state index contributed by atoms with van der Waals surface area (Å²) in [6.07, 6.45) is -1.75. The quantitative estimate of drug-likeness (QED) is 0.421. The average molecular weight is 331 g/mol. The van der Waals surface area contributed by atoms with Crippen molar-refractivity contribution in [2.75, 3.05) is 18.4 Å². The molecule has 0 aromatic heterocycles. The molecule has 0 amide bonds. The van der Waals surface area contributed by atoms with Crippen molar-refractivity contribution in [1.29, 1.82) is 5.41 Å². The number of nitrogens with two attached hydrogens (primary N) is 1. The highest BCUT2D eigenvalue weighted by Gasteiger charge is 2.34. The predicted molar refractivity (Wildman–Crippen MR) is 79.8 cm³/mol. The van der Waals surface area contributed by atoms with E-state index in [-0.39, 0.29) is 11.6 Å². The second kappa shape index (κ2) is 6.84. The lowest BCUT2D eigenvalue weighted by Gasteiger charge is -2.27. The minimum absolute atomic E-state index is 0.0843. The number of aliphatic imine (C=N–C) groups is 1. The van der Waals surface area contributed by atoms with Crippen molar-refractivity contribution in [3.8, 4) is 0 Å². The summed E-state index contributed by atoms with van der Waals surface area (Å²) in [6, 6.07) is 2.39. The lowest BCUT2D eigenvalue weighted by atomic mass is 10.1. The molecule has 0 aliphatic carbocycles. The van der Waals surface area contributed by atoms with Gasteiger partial charge in [0.05, 0.1) is 5.56 Å². The molecule has 126 valence electrons. The van der Waals surface area contributed by atoms with Crippen LogP contribution in [-0.4, -0.2) is 29.9 Å². The van der Waals surface area contributed by atoms with E-state index in [0.29, 0.717) is 12.1 Å². The predicted octanol–water partition coefficient (Wildman–Crippen LogP) is 2.99. The van der Waals surface area contributed by atoms with Gasteiger partial charge in [0.15, 0.2) is 5.96 Å². The van der Waals surface area contributed by atoms with E-state index in [1.807, 2.05) is 4.90 Å². The van der Waals surface area contributed by atoms with Gasteiger partial charge in [0.25, 0.3) is 0 Å². The van der Waals surface area contributed by atoms with Crippen LogP contribution in [0, 0.1) is 11.2 Å². The molecule has 2 rings (SSSR count). The zero-order valence-electron chi connectivity index (χ0n) is 12.3. The summed E-state index contributed by atoms with van der Waals surface area (Å²) in [7, 11) is 0. The largest absolute Gasteiger partial charge is 0.419 e. The van der Waals surface area contributed by atoms with Crippen molar-refractivity contribution in [3.63, 3.8) is 0 Å². The fourth-order valence-corrected chi connectivity index (χ4v) is 2.29. The molecule has 0 spiro atoms. The van der Waals surface area contributed by atoms with E-state index in [1.54, 1.807) is 0 Å². The first-order valence-corrected chi connectivity index (χ1v) is 7.09. The first kappa shape index (κ1) is 17.0. The summed E-state index contributed by atoms with van der Waals surface area (Å²) in [6.45, 7) is 1.47. The molecule has 1 aliphatic rings. The van der Waals surface area contributed by atoms with Crippen LogP contribution >= 0.6 is 0 Å². The van der Waals surface area contributed by atoms with Gasteiger partial charge in [-0.3, -0.25) is 5.41 Å². The Morgan fingerprint density at radius 3 is 2.48 bits per heavy atom. The Bertz CT molecular complexity index is 606. The van der Waals surface area contributed by atoms with Gasteiger partial charge >= 0.3 is 6.18 Å². The summed E-state index contributed by atoms with van der Waals surface area (Å²) in [4.78, 5) is 5.64. The van der Waals surface area contributed by atoms with Crippen LogP contribution in [-0.2, 0) is 6.18 Å². The number of hydrogen-bond donors (Lipinski definition) is 3. The lowest BCUT2D eigenvalue weighted by molar-refractivity contribution is -0.139. The maximum Gasteiger partial charge on any atom is 0.419 e. The van der Waals surface area contributed by atoms with E-state index in [0.717, 1.165) is 38.4 Å². The molecule has 1 aromatic carbocycles. The van der Waals surface area contributed by atoms with E-state index in [2.05, 4.69) is 10.3 Å². The third-order valence-corrected chi connectivity index (χ3v) is 3.44. The van der Waals surface area contributed by atoms with Crippen molar-refractivity contribution < 1.29 is 17.6 Å². The van der Waals surface area contributed by atoms with Crippen LogP contribution in [0.25, 0.3) is 0 Å². The van der Waals surface area contributed by atoms with Gasteiger partial charge in [-0.25, -0.2) is 4.39 Å². The average Bonchev–Trinajstić information content (AvgIpc) is 2.49. The maximum atomic E-state index is 13.2. The number of halogens is 4. The number of anilines is 1. The Kier molecular flexibility index (Phi) is 5.07. The highest BCUT2D eigenvalue weighted by Crippen LogP contribution is 2.32. The van der Waals surface area contributed by atoms with E-state index < -0.39 is 23.5 Å². The third kappa shape index (κ3) is 4.57. The zero-order chi connectivity index (χ0) is 17.0. The topological polar surface area (TPSA) is 77.5 Å². The maximum absolute atomic E-state index is 13.2. The van der Waals surface area contributed by atoms with Crippen molar-refractivity contribution in [2.45, 2.75) is 25.4 Å². The highest BCUT2D eigenvalue weighted by molar-refractivity contribution is 6.00. The second-order valence-corrected chi connectivity index (χ2v) is 5.18. The fraction of sp³-hybridized carbons (Fsp3) is 0.429. The fourth-order valence-electron chi connectivity index (χ4n) is 2.29. The second-order valence-electron chi connectivity index (χ2n) is 5.18. The molecule has 1 aliphatic heterocycles. The molecule has 0 bridgehead atoms. The van der Waals surface area contributed by atoms with Gasteiger partial charge in [0.2, 0.25) is 5.96 Å². The molecule has 23 heavy (non-hydrogen) atoms. The standard InChI is InChI=1S/C14H17F4N5/c15-11-5-4-9(8-10(11)14(16,17)18)21-12(19)22-13(20)23-6-2-1-3-7-23/h4-5,8H,1-3,6-7H2,(H4,19,20,21,22). The highest BCUT2D eigenvalue weighted by atomic mass is 19.4. The number of nitrogens with one attached hydrogen (secondary N) is 2. The first-order valence-electron chi connectivity index (χ1n) is 7.09. The molecule has 0 radical (unpaired) electrons. The number of likely N-dealkylation sites (tertiary alicyclic amines) is 1. The van der Waals surface area contributed by atoms with Crippen LogP contribution in [0.2, 0.25) is 0 Å². The minimum Gasteiger partial charge on any atom is -0.369 e. The van der Waals surface area contributed by atoms with Gasteiger partial charge in [-0.15, -0.1) is 0 Å². The minimum atomic E-state index is -4.81. The van der Waals surface area contributed by atoms with Crippen LogP contribution in [0.3, 0.4) is 0 Å². The van der Waals surface area contributed by atoms with Gasteiger partial charge < -0.3 is 16.0 Å². The molecule has 4 N–H and O–H groups in total. The van der Waals surface area contributed by atoms with Crippen molar-refractivity contribution in [2.24, 2.45) is 10.7 Å². The Labute approximate surface area is 130 Å². The van der Waals surface area contributed by atoms with E-state index in [9.17, 15) is 17.6 Å². The Morgan fingerprint density at radius 2 is 1.87 bits per heavy atom. The number of rotatable bonds is 1. The molecule has 1 saturated heterocycles. The van der Waals surface area contributed by atoms with Crippen LogP contribution in [0.4, 0.5) is 23.2 Å². The molecule has 5 nitrogen and oxygen atoms in total. The number of alkyl halides is 3. The monoisotopic (exact) mass is 331 g/mol. The lowest BCUT2D eigenvalue weighted by Crippen LogP contribution is -2.41. The summed E-state index contributed by atoms with van der Waals surface area (Å²) in [5.74, 6) is -1.64. The Balaban J connectivity index is 2.08. The normalized spacial score (nSPS) is 16.3. The number of guanidine groups is 2. The van der Waals surface area contributed by atoms with E-state index >= 15 is 0 Å². The number of hydrogen-bond acceptors (Lipinski definition) is 1. The molecule has 1 aromatic rings. The third-order valence-electron chi connectivity index (χ3n) is 3.44. The molecule has 1 fully saturated rings. The van der Waals surface area contributed by atoms with Crippen LogP contribution in [0.1, 0.15) is 24.8 Å². The first-order chi connectivity index (χ1) is 10.8. The van der Waals surface area contributed by atoms with Crippen molar-refractivity contribution in [3.05, 3.63) is 29.6 Å². The number of benzene rings is 1. The van der Waals surface area contributed by atoms with Crippen molar-refractivity contribution >= 4 is 17.6 Å². The van der Waals surface area contributed by atoms with Crippen LogP contribution in [0.5, 0.6) is 0 Å². The van der Waals surface area contributed by atoms with E-state index in [1.165, 1.54) is 0 Å². The molecule has 0 unspecified atom stereocenters. The zero-order valence-corrected chi connectivity index (χ0v) is 12.3. The van der Waals surface area contributed by atoms with Gasteiger partial charge in [-0.1, -0.05) is 0 Å². The van der Waals surface area contributed by atoms with Gasteiger partial charge in [0, 0.05) is 18.8 Å². The summed E-state index contributed by atoms with van der Waals surface area (Å²) < 4.78 is 51.1. The van der Waals surface area contributed by atoms with E-state index in [4.69, 9.17) is 11.1 Å². The number of nitrogens with zero attached hydrogens (tertiary/aromatic N) is 2. The van der Waals surface area contributed by atoms with Gasteiger partial charge in [0.1, 0.15) is 5.82 Å². The smallest absolute Gasteiger partial charge is 0.369 e. The molecule has 9 heteroatoms. The molecular weight excluding hydrogens is 314 g/mol. The van der Waals surface area contributed by atoms with Crippen LogP contribution in [0.15, 0.2) is 23.2 Å². The molecule has 0 saturated carbocycles. The summed E-state index contributed by atoms with van der Waals surface area (Å²) in [5, 5.41) is 10.0. The summed E-state index contributed by atoms with van der Waals surface area (Å²) in [5.41, 5.74) is 4.30.